The molecular weight excluding hydrogens is 174 g/mol. The minimum absolute atomic E-state index is 0.101. The summed E-state index contributed by atoms with van der Waals surface area (Å²) >= 11 is 5.96. The van der Waals surface area contributed by atoms with E-state index in [1.807, 2.05) is 6.07 Å². The molecule has 2 rings (SSSR count). The van der Waals surface area contributed by atoms with Crippen LogP contribution in [0.3, 0.4) is 0 Å². The predicted octanol–water partition coefficient (Wildman–Crippen LogP) is 1.87. The first-order valence-electron chi connectivity index (χ1n) is 3.94. The summed E-state index contributed by atoms with van der Waals surface area (Å²) in [5.74, 6) is 0. The Morgan fingerprint density at radius 3 is 3.17 bits per heavy atom. The lowest BCUT2D eigenvalue weighted by atomic mass is 10.1. The summed E-state index contributed by atoms with van der Waals surface area (Å²) in [7, 11) is 0. The number of alkyl halides is 1. The zero-order chi connectivity index (χ0) is 8.39. The van der Waals surface area contributed by atoms with E-state index in [1.165, 1.54) is 5.57 Å². The monoisotopic (exact) mass is 183 g/mol. The van der Waals surface area contributed by atoms with Crippen LogP contribution in [0.5, 0.6) is 0 Å². The van der Waals surface area contributed by atoms with Crippen LogP contribution in [-0.4, -0.2) is 18.5 Å². The second-order valence-electron chi connectivity index (χ2n) is 2.85. The van der Waals surface area contributed by atoms with E-state index < -0.39 is 0 Å². The number of hydrogen-bond donors (Lipinski definition) is 1. The number of nitrogens with one attached hydrogen (secondary N) is 1. The highest BCUT2D eigenvalue weighted by Gasteiger charge is 2.11. The van der Waals surface area contributed by atoms with Gasteiger partial charge >= 0.3 is 0 Å². The standard InChI is InChI=1S/C9H10ClNO/c10-9-3-8(4-11-5-9)7-1-2-12-6-7/h1-3,6,9,11H,4-5H2. The zero-order valence-corrected chi connectivity index (χ0v) is 7.34. The smallest absolute Gasteiger partial charge is 0.0978 e. The third kappa shape index (κ3) is 1.54. The largest absolute Gasteiger partial charge is 0.472 e. The van der Waals surface area contributed by atoms with Gasteiger partial charge in [0.25, 0.3) is 0 Å². The molecule has 0 amide bonds. The molecule has 1 atom stereocenters. The van der Waals surface area contributed by atoms with Gasteiger partial charge in [-0.3, -0.25) is 0 Å². The number of furan rings is 1. The molecule has 2 nitrogen and oxygen atoms in total. The highest BCUT2D eigenvalue weighted by atomic mass is 35.5. The highest BCUT2D eigenvalue weighted by molar-refractivity contribution is 6.22. The molecule has 1 unspecified atom stereocenters. The molecule has 2 heterocycles. The first-order chi connectivity index (χ1) is 5.86. The third-order valence-corrected chi connectivity index (χ3v) is 2.21. The van der Waals surface area contributed by atoms with Crippen molar-refractivity contribution in [3.8, 4) is 0 Å². The molecule has 1 aliphatic heterocycles. The highest BCUT2D eigenvalue weighted by Crippen LogP contribution is 2.18. The first kappa shape index (κ1) is 7.90. The fraction of sp³-hybridized carbons (Fsp3) is 0.333. The molecule has 0 bridgehead atoms. The van der Waals surface area contributed by atoms with E-state index in [2.05, 4.69) is 11.4 Å². The summed E-state index contributed by atoms with van der Waals surface area (Å²) in [6.45, 7) is 1.73. The Morgan fingerprint density at radius 1 is 1.58 bits per heavy atom. The zero-order valence-electron chi connectivity index (χ0n) is 6.59. The summed E-state index contributed by atoms with van der Waals surface area (Å²) in [6.07, 6.45) is 5.49. The lowest BCUT2D eigenvalue weighted by Crippen LogP contribution is -2.28. The predicted molar refractivity (Wildman–Crippen MR) is 49.2 cm³/mol. The van der Waals surface area contributed by atoms with Crippen molar-refractivity contribution in [2.45, 2.75) is 5.38 Å². The Hall–Kier alpha value is -0.730. The topological polar surface area (TPSA) is 25.2 Å². The van der Waals surface area contributed by atoms with Crippen molar-refractivity contribution in [3.05, 3.63) is 30.2 Å². The summed E-state index contributed by atoms with van der Waals surface area (Å²) < 4.78 is 4.99. The molecule has 0 radical (unpaired) electrons. The summed E-state index contributed by atoms with van der Waals surface area (Å²) in [4.78, 5) is 0. The van der Waals surface area contributed by atoms with Crippen molar-refractivity contribution < 1.29 is 4.42 Å². The molecule has 0 saturated carbocycles. The van der Waals surface area contributed by atoms with Crippen LogP contribution in [0.2, 0.25) is 0 Å². The van der Waals surface area contributed by atoms with E-state index in [0.29, 0.717) is 0 Å². The van der Waals surface area contributed by atoms with Gasteiger partial charge < -0.3 is 9.73 Å². The van der Waals surface area contributed by atoms with Gasteiger partial charge in [0.15, 0.2) is 0 Å². The molecule has 0 saturated heterocycles. The van der Waals surface area contributed by atoms with Crippen LogP contribution in [0, 0.1) is 0 Å². The lowest BCUT2D eigenvalue weighted by molar-refractivity contribution is 0.566. The average Bonchev–Trinajstić information content (AvgIpc) is 2.56. The van der Waals surface area contributed by atoms with Crippen molar-refractivity contribution in [2.24, 2.45) is 0 Å². The van der Waals surface area contributed by atoms with Gasteiger partial charge in [-0.15, -0.1) is 11.6 Å². The van der Waals surface area contributed by atoms with Gasteiger partial charge in [0.2, 0.25) is 0 Å². The quantitative estimate of drug-likeness (QED) is 0.673. The number of hydrogen-bond acceptors (Lipinski definition) is 2. The van der Waals surface area contributed by atoms with Crippen molar-refractivity contribution in [2.75, 3.05) is 13.1 Å². The van der Waals surface area contributed by atoms with Crippen LogP contribution in [0.1, 0.15) is 5.56 Å². The Kier molecular flexibility index (Phi) is 2.19. The van der Waals surface area contributed by atoms with E-state index in [9.17, 15) is 0 Å². The molecule has 0 fully saturated rings. The molecule has 1 aromatic rings. The molecule has 1 N–H and O–H groups in total. The lowest BCUT2D eigenvalue weighted by Gasteiger charge is -2.16. The van der Waals surface area contributed by atoms with Crippen LogP contribution < -0.4 is 5.32 Å². The van der Waals surface area contributed by atoms with Gasteiger partial charge in [0.05, 0.1) is 17.9 Å². The van der Waals surface area contributed by atoms with Crippen LogP contribution in [0.15, 0.2) is 29.1 Å². The van der Waals surface area contributed by atoms with Crippen LogP contribution in [0.4, 0.5) is 0 Å². The fourth-order valence-electron chi connectivity index (χ4n) is 1.33. The van der Waals surface area contributed by atoms with Gasteiger partial charge in [-0.05, 0) is 11.6 Å². The van der Waals surface area contributed by atoms with Crippen LogP contribution >= 0.6 is 11.6 Å². The molecule has 64 valence electrons. The van der Waals surface area contributed by atoms with Crippen molar-refractivity contribution >= 4 is 17.2 Å². The minimum Gasteiger partial charge on any atom is -0.472 e. The molecule has 0 spiro atoms. The van der Waals surface area contributed by atoms with E-state index in [4.69, 9.17) is 16.0 Å². The molecule has 0 aliphatic carbocycles. The molecule has 12 heavy (non-hydrogen) atoms. The maximum Gasteiger partial charge on any atom is 0.0978 e. The van der Waals surface area contributed by atoms with Gasteiger partial charge in [-0.2, -0.15) is 0 Å². The first-order valence-corrected chi connectivity index (χ1v) is 4.38. The van der Waals surface area contributed by atoms with E-state index >= 15 is 0 Å². The van der Waals surface area contributed by atoms with Crippen LogP contribution in [-0.2, 0) is 0 Å². The van der Waals surface area contributed by atoms with E-state index in [1.54, 1.807) is 12.5 Å². The van der Waals surface area contributed by atoms with Gasteiger partial charge in [0, 0.05) is 18.7 Å². The molecule has 1 aromatic heterocycles. The van der Waals surface area contributed by atoms with Gasteiger partial charge in [0.1, 0.15) is 0 Å². The molecule has 1 aliphatic rings. The molecular formula is C9H10ClNO. The fourth-order valence-corrected chi connectivity index (χ4v) is 1.59. The Balaban J connectivity index is 2.23. The van der Waals surface area contributed by atoms with Crippen molar-refractivity contribution in [1.29, 1.82) is 0 Å². The second kappa shape index (κ2) is 3.33. The van der Waals surface area contributed by atoms with Crippen molar-refractivity contribution in [1.82, 2.24) is 5.32 Å². The van der Waals surface area contributed by atoms with Gasteiger partial charge in [-0.1, -0.05) is 6.08 Å². The maximum absolute atomic E-state index is 5.96. The summed E-state index contributed by atoms with van der Waals surface area (Å²) in [5.41, 5.74) is 2.34. The summed E-state index contributed by atoms with van der Waals surface area (Å²) in [6, 6.07) is 1.95. The minimum atomic E-state index is 0.101. The molecule has 0 aromatic carbocycles. The number of rotatable bonds is 1. The normalized spacial score (nSPS) is 23.8. The maximum atomic E-state index is 5.96. The SMILES string of the molecule is ClC1C=C(c2ccoc2)CNC1. The van der Waals surface area contributed by atoms with Crippen molar-refractivity contribution in [3.63, 3.8) is 0 Å². The Bertz CT molecular complexity index is 279. The van der Waals surface area contributed by atoms with E-state index in [0.717, 1.165) is 18.7 Å². The third-order valence-electron chi connectivity index (χ3n) is 1.93. The molecule has 3 heteroatoms. The second-order valence-corrected chi connectivity index (χ2v) is 3.41. The Labute approximate surface area is 76.2 Å². The van der Waals surface area contributed by atoms with Gasteiger partial charge in [-0.25, -0.2) is 0 Å². The number of halogens is 1. The Morgan fingerprint density at radius 2 is 2.50 bits per heavy atom. The summed E-state index contributed by atoms with van der Waals surface area (Å²) in [5, 5.41) is 3.33. The average molecular weight is 184 g/mol. The van der Waals surface area contributed by atoms with Crippen LogP contribution in [0.25, 0.3) is 5.57 Å². The van der Waals surface area contributed by atoms with E-state index in [-0.39, 0.29) is 5.38 Å².